The van der Waals surface area contributed by atoms with Gasteiger partial charge in [0.1, 0.15) is 12.4 Å². The summed E-state index contributed by atoms with van der Waals surface area (Å²) in [4.78, 5) is 15.6. The number of ether oxygens (including phenoxy) is 1. The third kappa shape index (κ3) is 5.10. The number of rotatable bonds is 6. The summed E-state index contributed by atoms with van der Waals surface area (Å²) >= 11 is 0. The molecule has 22 heavy (non-hydrogen) atoms. The molecule has 0 spiro atoms. The molecule has 1 aromatic carbocycles. The Balaban J connectivity index is 1.74. The van der Waals surface area contributed by atoms with Gasteiger partial charge in [-0.15, -0.1) is 0 Å². The van der Waals surface area contributed by atoms with E-state index in [0.717, 1.165) is 29.5 Å². The Labute approximate surface area is 130 Å². The Bertz CT molecular complexity index is 686. The number of unbranched alkanes of at least 4 members (excludes halogenated alkanes) is 1. The summed E-state index contributed by atoms with van der Waals surface area (Å²) in [6.07, 6.45) is 4.26. The molecule has 4 heteroatoms. The number of nitrogens with one attached hydrogen (secondary N) is 1. The molecule has 0 unspecified atom stereocenters. The highest BCUT2D eigenvalue weighted by atomic mass is 16.5. The minimum Gasteiger partial charge on any atom is -0.481 e. The number of carbonyl (C=O) groups excluding carboxylic acids is 1. The number of hydrogen-bond acceptors (Lipinski definition) is 3. The molecule has 2 rings (SSSR count). The molecule has 0 radical (unpaired) electrons. The predicted octanol–water partition coefficient (Wildman–Crippen LogP) is 2.92. The smallest absolute Gasteiger partial charge is 0.220 e. The lowest BCUT2D eigenvalue weighted by Gasteiger charge is -2.03. The van der Waals surface area contributed by atoms with E-state index in [2.05, 4.69) is 29.1 Å². The summed E-state index contributed by atoms with van der Waals surface area (Å²) in [6.45, 7) is 2.72. The molecule has 2 aromatic rings. The maximum Gasteiger partial charge on any atom is 0.220 e. The Morgan fingerprint density at radius 2 is 2.23 bits per heavy atom. The second-order valence-electron chi connectivity index (χ2n) is 4.88. The lowest BCUT2D eigenvalue weighted by Crippen LogP contribution is -2.23. The van der Waals surface area contributed by atoms with Crippen molar-refractivity contribution in [2.24, 2.45) is 0 Å². The quantitative estimate of drug-likeness (QED) is 0.834. The third-order valence-corrected chi connectivity index (χ3v) is 3.14. The van der Waals surface area contributed by atoms with Crippen LogP contribution in [-0.4, -0.2) is 24.0 Å². The zero-order valence-electron chi connectivity index (χ0n) is 12.8. The fourth-order valence-electron chi connectivity index (χ4n) is 1.94. The van der Waals surface area contributed by atoms with Gasteiger partial charge in [-0.1, -0.05) is 31.3 Å². The topological polar surface area (TPSA) is 51.2 Å². The average molecular weight is 296 g/mol. The van der Waals surface area contributed by atoms with Crippen LogP contribution in [0, 0.1) is 11.8 Å². The molecule has 0 fully saturated rings. The summed E-state index contributed by atoms with van der Waals surface area (Å²) in [7, 11) is 0. The van der Waals surface area contributed by atoms with Crippen LogP contribution in [0.1, 0.15) is 26.2 Å². The lowest BCUT2D eigenvalue weighted by molar-refractivity contribution is -0.120. The van der Waals surface area contributed by atoms with Crippen molar-refractivity contribution < 1.29 is 9.53 Å². The van der Waals surface area contributed by atoms with Crippen molar-refractivity contribution in [3.8, 4) is 17.6 Å². The van der Waals surface area contributed by atoms with Gasteiger partial charge in [0.25, 0.3) is 0 Å². The number of carbonyl (C=O) groups is 1. The van der Waals surface area contributed by atoms with Gasteiger partial charge in [-0.3, -0.25) is 9.78 Å². The molecule has 0 aliphatic rings. The van der Waals surface area contributed by atoms with Gasteiger partial charge in [0, 0.05) is 24.1 Å². The summed E-state index contributed by atoms with van der Waals surface area (Å²) < 4.78 is 5.56. The van der Waals surface area contributed by atoms with Gasteiger partial charge in [-0.25, -0.2) is 0 Å². The number of amides is 1. The van der Waals surface area contributed by atoms with Crippen molar-refractivity contribution in [1.82, 2.24) is 10.3 Å². The third-order valence-electron chi connectivity index (χ3n) is 3.14. The van der Waals surface area contributed by atoms with Crippen LogP contribution in [0.2, 0.25) is 0 Å². The molecule has 0 saturated carbocycles. The summed E-state index contributed by atoms with van der Waals surface area (Å²) in [6, 6.07) is 9.68. The molecule has 114 valence electrons. The van der Waals surface area contributed by atoms with E-state index in [4.69, 9.17) is 4.74 Å². The number of hydrogen-bond donors (Lipinski definition) is 1. The van der Waals surface area contributed by atoms with Crippen LogP contribution in [0.25, 0.3) is 10.9 Å². The van der Waals surface area contributed by atoms with Crippen LogP contribution in [0.15, 0.2) is 36.5 Å². The molecule has 0 atom stereocenters. The van der Waals surface area contributed by atoms with Crippen molar-refractivity contribution in [3.63, 3.8) is 0 Å². The van der Waals surface area contributed by atoms with Gasteiger partial charge < -0.3 is 10.1 Å². The minimum atomic E-state index is 0.0534. The van der Waals surface area contributed by atoms with Crippen molar-refractivity contribution in [1.29, 1.82) is 0 Å². The van der Waals surface area contributed by atoms with E-state index >= 15 is 0 Å². The van der Waals surface area contributed by atoms with Crippen LogP contribution in [0.3, 0.4) is 0 Å². The maximum absolute atomic E-state index is 11.4. The van der Waals surface area contributed by atoms with Gasteiger partial charge in [0.15, 0.2) is 0 Å². The molecule has 1 aromatic heterocycles. The van der Waals surface area contributed by atoms with E-state index in [0.29, 0.717) is 19.6 Å². The van der Waals surface area contributed by atoms with E-state index in [1.807, 2.05) is 30.3 Å². The predicted molar refractivity (Wildman–Crippen MR) is 87.5 cm³/mol. The van der Waals surface area contributed by atoms with E-state index < -0.39 is 0 Å². The first-order chi connectivity index (χ1) is 10.8. The molecular weight excluding hydrogens is 276 g/mol. The van der Waals surface area contributed by atoms with Crippen molar-refractivity contribution in [3.05, 3.63) is 36.5 Å². The van der Waals surface area contributed by atoms with E-state index in [-0.39, 0.29) is 5.91 Å². The van der Waals surface area contributed by atoms with E-state index in [1.165, 1.54) is 0 Å². The first kappa shape index (κ1) is 15.8. The Kier molecular flexibility index (Phi) is 6.25. The largest absolute Gasteiger partial charge is 0.481 e. The number of pyridine rings is 1. The summed E-state index contributed by atoms with van der Waals surface area (Å²) in [5.41, 5.74) is 0.899. The molecule has 0 bridgehead atoms. The van der Waals surface area contributed by atoms with Crippen molar-refractivity contribution >= 4 is 16.8 Å². The van der Waals surface area contributed by atoms with Crippen LogP contribution in [0.4, 0.5) is 0 Å². The van der Waals surface area contributed by atoms with E-state index in [1.54, 1.807) is 6.20 Å². The van der Waals surface area contributed by atoms with Gasteiger partial charge in [-0.05, 0) is 24.6 Å². The molecule has 4 nitrogen and oxygen atoms in total. The number of benzene rings is 1. The SMILES string of the molecule is CCCCC(=O)NCC#CCOc1ccc2cccnc2c1. The summed E-state index contributed by atoms with van der Waals surface area (Å²) in [5, 5.41) is 3.84. The highest BCUT2D eigenvalue weighted by molar-refractivity contribution is 5.79. The van der Waals surface area contributed by atoms with Gasteiger partial charge in [0.05, 0.1) is 12.1 Å². The highest BCUT2D eigenvalue weighted by Gasteiger charge is 1.98. The second-order valence-corrected chi connectivity index (χ2v) is 4.88. The van der Waals surface area contributed by atoms with Crippen LogP contribution in [0.5, 0.6) is 5.75 Å². The fourth-order valence-corrected chi connectivity index (χ4v) is 1.94. The zero-order chi connectivity index (χ0) is 15.6. The Hall–Kier alpha value is -2.54. The normalized spacial score (nSPS) is 9.86. The fraction of sp³-hybridized carbons (Fsp3) is 0.333. The van der Waals surface area contributed by atoms with Gasteiger partial charge in [0.2, 0.25) is 5.91 Å². The maximum atomic E-state index is 11.4. The highest BCUT2D eigenvalue weighted by Crippen LogP contribution is 2.18. The van der Waals surface area contributed by atoms with Crippen LogP contribution < -0.4 is 10.1 Å². The first-order valence-corrected chi connectivity index (χ1v) is 7.49. The molecule has 0 aliphatic heterocycles. The summed E-state index contributed by atoms with van der Waals surface area (Å²) in [5.74, 6) is 6.56. The second kappa shape index (κ2) is 8.68. The molecule has 1 N–H and O–H groups in total. The van der Waals surface area contributed by atoms with Crippen LogP contribution in [-0.2, 0) is 4.79 Å². The molecule has 0 saturated heterocycles. The first-order valence-electron chi connectivity index (χ1n) is 7.49. The van der Waals surface area contributed by atoms with Gasteiger partial charge >= 0.3 is 0 Å². The van der Waals surface area contributed by atoms with Crippen molar-refractivity contribution in [2.45, 2.75) is 26.2 Å². The standard InChI is InChI=1S/C18H20N2O2/c1-2-3-8-18(21)20-11-4-5-13-22-16-10-9-15-7-6-12-19-17(15)14-16/h6-7,9-10,12,14H,2-3,8,11,13H2,1H3,(H,20,21). The Morgan fingerprint density at radius 1 is 1.32 bits per heavy atom. The van der Waals surface area contributed by atoms with Gasteiger partial charge in [-0.2, -0.15) is 0 Å². The number of aromatic nitrogens is 1. The number of fused-ring (bicyclic) bond motifs is 1. The molecular formula is C18H20N2O2. The molecule has 1 heterocycles. The zero-order valence-corrected chi connectivity index (χ0v) is 12.8. The lowest BCUT2D eigenvalue weighted by atomic mass is 10.2. The number of nitrogens with zero attached hydrogens (tertiary/aromatic N) is 1. The average Bonchev–Trinajstić information content (AvgIpc) is 2.56. The van der Waals surface area contributed by atoms with E-state index in [9.17, 15) is 4.79 Å². The van der Waals surface area contributed by atoms with Crippen molar-refractivity contribution in [2.75, 3.05) is 13.2 Å². The monoisotopic (exact) mass is 296 g/mol. The molecule has 1 amide bonds. The molecule has 0 aliphatic carbocycles. The minimum absolute atomic E-state index is 0.0534. The Morgan fingerprint density at radius 3 is 3.09 bits per heavy atom. The van der Waals surface area contributed by atoms with Crippen LogP contribution >= 0.6 is 0 Å².